The van der Waals surface area contributed by atoms with Crippen LogP contribution in [0, 0.1) is 6.92 Å². The Morgan fingerprint density at radius 1 is 1.86 bits per heavy atom. The molecule has 0 saturated carbocycles. The van der Waals surface area contributed by atoms with Gasteiger partial charge >= 0.3 is 5.97 Å². The van der Waals surface area contributed by atoms with Crippen molar-refractivity contribution in [2.75, 3.05) is 0 Å². The topological polar surface area (TPSA) is 79.3 Å². The average molecular weight is 214 g/mol. The Kier molecular flexibility index (Phi) is 3.58. The van der Waals surface area contributed by atoms with Crippen molar-refractivity contribution in [2.45, 2.75) is 19.4 Å². The van der Waals surface area contributed by atoms with E-state index in [0.717, 1.165) is 5.01 Å². The molecule has 1 atom stereocenters. The Labute approximate surface area is 84.8 Å². The van der Waals surface area contributed by atoms with Crippen LogP contribution >= 0.6 is 11.3 Å². The number of rotatable bonds is 5. The van der Waals surface area contributed by atoms with E-state index in [1.807, 2.05) is 6.92 Å². The van der Waals surface area contributed by atoms with Crippen LogP contribution in [0.4, 0.5) is 0 Å². The van der Waals surface area contributed by atoms with Crippen molar-refractivity contribution in [2.24, 2.45) is 0 Å². The number of carbonyl (C=O) groups is 2. The maximum Gasteiger partial charge on any atom is 0.305 e. The number of thiazole rings is 1. The summed E-state index contributed by atoms with van der Waals surface area (Å²) in [6.07, 6.45) is 0.337. The summed E-state index contributed by atoms with van der Waals surface area (Å²) in [5, 5.41) is 13.6. The lowest BCUT2D eigenvalue weighted by Gasteiger charge is -2.10. The van der Waals surface area contributed by atoms with E-state index in [1.54, 1.807) is 5.38 Å². The molecule has 1 heterocycles. The maximum atomic E-state index is 10.5. The smallest absolute Gasteiger partial charge is 0.305 e. The monoisotopic (exact) mass is 214 g/mol. The highest BCUT2D eigenvalue weighted by molar-refractivity contribution is 7.09. The SMILES string of the molecule is Cc1nc([C@H](CC(=O)O)NC=O)cs1. The van der Waals surface area contributed by atoms with E-state index in [0.29, 0.717) is 12.1 Å². The number of nitrogens with one attached hydrogen (secondary N) is 1. The molecule has 1 aromatic rings. The largest absolute Gasteiger partial charge is 0.481 e. The summed E-state index contributed by atoms with van der Waals surface area (Å²) in [5.74, 6) is -0.963. The maximum absolute atomic E-state index is 10.5. The number of carbonyl (C=O) groups excluding carboxylic acids is 1. The number of aryl methyl sites for hydroxylation is 1. The predicted molar refractivity (Wildman–Crippen MR) is 51.0 cm³/mol. The molecule has 0 aliphatic carbocycles. The van der Waals surface area contributed by atoms with Gasteiger partial charge in [-0.1, -0.05) is 0 Å². The Morgan fingerprint density at radius 2 is 2.57 bits per heavy atom. The number of amides is 1. The number of nitrogens with zero attached hydrogens (tertiary/aromatic N) is 1. The van der Waals surface area contributed by atoms with Gasteiger partial charge in [0.25, 0.3) is 0 Å². The van der Waals surface area contributed by atoms with Crippen LogP contribution in [0.25, 0.3) is 0 Å². The van der Waals surface area contributed by atoms with E-state index < -0.39 is 12.0 Å². The van der Waals surface area contributed by atoms with Gasteiger partial charge in [-0.25, -0.2) is 4.98 Å². The first-order valence-electron chi connectivity index (χ1n) is 3.97. The molecule has 0 spiro atoms. The molecular formula is C8H10N2O3S. The van der Waals surface area contributed by atoms with Crippen LogP contribution in [0.5, 0.6) is 0 Å². The molecule has 0 aromatic carbocycles. The second-order valence-electron chi connectivity index (χ2n) is 2.73. The molecular weight excluding hydrogens is 204 g/mol. The molecule has 0 fully saturated rings. The average Bonchev–Trinajstić information content (AvgIpc) is 2.50. The molecule has 2 N–H and O–H groups in total. The van der Waals surface area contributed by atoms with Gasteiger partial charge in [0.05, 0.1) is 23.2 Å². The highest BCUT2D eigenvalue weighted by Crippen LogP contribution is 2.18. The Balaban J connectivity index is 2.76. The van der Waals surface area contributed by atoms with Crippen molar-refractivity contribution in [3.8, 4) is 0 Å². The molecule has 14 heavy (non-hydrogen) atoms. The van der Waals surface area contributed by atoms with Gasteiger partial charge in [0, 0.05) is 5.38 Å². The fourth-order valence-electron chi connectivity index (χ4n) is 1.05. The molecule has 0 aliphatic rings. The van der Waals surface area contributed by atoms with Crippen molar-refractivity contribution in [3.05, 3.63) is 16.1 Å². The Hall–Kier alpha value is -1.43. The van der Waals surface area contributed by atoms with E-state index in [1.165, 1.54) is 11.3 Å². The van der Waals surface area contributed by atoms with Crippen molar-refractivity contribution in [1.29, 1.82) is 0 Å². The summed E-state index contributed by atoms with van der Waals surface area (Å²) in [6, 6.07) is -0.532. The quantitative estimate of drug-likeness (QED) is 0.707. The van der Waals surface area contributed by atoms with Crippen molar-refractivity contribution in [3.63, 3.8) is 0 Å². The highest BCUT2D eigenvalue weighted by atomic mass is 32.1. The molecule has 0 saturated heterocycles. The van der Waals surface area contributed by atoms with E-state index in [2.05, 4.69) is 10.3 Å². The zero-order chi connectivity index (χ0) is 10.6. The second-order valence-corrected chi connectivity index (χ2v) is 3.79. The van der Waals surface area contributed by atoms with Crippen LogP contribution in [-0.2, 0) is 9.59 Å². The number of aliphatic carboxylic acids is 1. The first kappa shape index (κ1) is 10.6. The number of carboxylic acid groups (broad SMARTS) is 1. The lowest BCUT2D eigenvalue weighted by molar-refractivity contribution is -0.137. The minimum atomic E-state index is -0.963. The number of hydrogen-bond donors (Lipinski definition) is 2. The molecule has 1 amide bonds. The van der Waals surface area contributed by atoms with Gasteiger partial charge in [0.15, 0.2) is 0 Å². The first-order chi connectivity index (χ1) is 6.63. The second kappa shape index (κ2) is 4.71. The van der Waals surface area contributed by atoms with Gasteiger partial charge in [-0.2, -0.15) is 0 Å². The molecule has 0 bridgehead atoms. The van der Waals surface area contributed by atoms with Crippen molar-refractivity contribution >= 4 is 23.7 Å². The third kappa shape index (κ3) is 2.81. The van der Waals surface area contributed by atoms with Crippen LogP contribution in [-0.4, -0.2) is 22.5 Å². The lowest BCUT2D eigenvalue weighted by Crippen LogP contribution is -2.22. The van der Waals surface area contributed by atoms with E-state index in [9.17, 15) is 9.59 Å². The number of aromatic nitrogens is 1. The van der Waals surface area contributed by atoms with Crippen LogP contribution in [0.2, 0.25) is 0 Å². The van der Waals surface area contributed by atoms with Crippen LogP contribution < -0.4 is 5.32 Å². The summed E-state index contributed by atoms with van der Waals surface area (Å²) < 4.78 is 0. The summed E-state index contributed by atoms with van der Waals surface area (Å²) >= 11 is 1.43. The van der Waals surface area contributed by atoms with Gasteiger partial charge in [0.1, 0.15) is 0 Å². The van der Waals surface area contributed by atoms with Crippen molar-refractivity contribution in [1.82, 2.24) is 10.3 Å². The van der Waals surface area contributed by atoms with Gasteiger partial charge in [-0.15, -0.1) is 11.3 Å². The van der Waals surface area contributed by atoms with Crippen molar-refractivity contribution < 1.29 is 14.7 Å². The van der Waals surface area contributed by atoms with Gasteiger partial charge in [-0.3, -0.25) is 9.59 Å². The summed E-state index contributed by atoms with van der Waals surface area (Å²) in [6.45, 7) is 1.83. The fraction of sp³-hybridized carbons (Fsp3) is 0.375. The van der Waals surface area contributed by atoms with E-state index in [4.69, 9.17) is 5.11 Å². The zero-order valence-electron chi connectivity index (χ0n) is 7.56. The molecule has 0 radical (unpaired) electrons. The van der Waals surface area contributed by atoms with Gasteiger partial charge < -0.3 is 10.4 Å². The molecule has 1 rings (SSSR count). The zero-order valence-corrected chi connectivity index (χ0v) is 8.37. The molecule has 1 aromatic heterocycles. The van der Waals surface area contributed by atoms with Crippen LogP contribution in [0.15, 0.2) is 5.38 Å². The Bertz CT molecular complexity index is 337. The standard InChI is InChI=1S/C8H10N2O3S/c1-5-10-7(3-14-5)6(9-4-11)2-8(12)13/h3-4,6H,2H2,1H3,(H,9,11)(H,12,13)/t6-/m0/s1. The minimum absolute atomic E-state index is 0.151. The van der Waals surface area contributed by atoms with Gasteiger partial charge in [0.2, 0.25) is 6.41 Å². The predicted octanol–water partition coefficient (Wildman–Crippen LogP) is 0.713. The van der Waals surface area contributed by atoms with E-state index in [-0.39, 0.29) is 6.42 Å². The molecule has 0 unspecified atom stereocenters. The number of hydrogen-bond acceptors (Lipinski definition) is 4. The van der Waals surface area contributed by atoms with E-state index >= 15 is 0 Å². The molecule has 0 aliphatic heterocycles. The summed E-state index contributed by atoms with van der Waals surface area (Å²) in [5.41, 5.74) is 0.599. The fourth-order valence-corrected chi connectivity index (χ4v) is 1.71. The molecule has 5 nitrogen and oxygen atoms in total. The Morgan fingerprint density at radius 3 is 3.00 bits per heavy atom. The minimum Gasteiger partial charge on any atom is -0.481 e. The van der Waals surface area contributed by atoms with Crippen LogP contribution in [0.1, 0.15) is 23.2 Å². The highest BCUT2D eigenvalue weighted by Gasteiger charge is 2.16. The summed E-state index contributed by atoms with van der Waals surface area (Å²) in [7, 11) is 0. The third-order valence-electron chi connectivity index (χ3n) is 1.64. The number of carboxylic acids is 1. The first-order valence-corrected chi connectivity index (χ1v) is 4.85. The molecule has 76 valence electrons. The normalized spacial score (nSPS) is 12.1. The lowest BCUT2D eigenvalue weighted by atomic mass is 10.1. The van der Waals surface area contributed by atoms with Gasteiger partial charge in [-0.05, 0) is 6.92 Å². The third-order valence-corrected chi connectivity index (χ3v) is 2.43. The van der Waals surface area contributed by atoms with Crippen LogP contribution in [0.3, 0.4) is 0 Å². The molecule has 6 heteroatoms. The summed E-state index contributed by atoms with van der Waals surface area (Å²) in [4.78, 5) is 24.8.